The van der Waals surface area contributed by atoms with Crippen molar-refractivity contribution in [1.82, 2.24) is 9.62 Å². The molecule has 6 heteroatoms. The molecule has 0 spiro atoms. The molecule has 2 unspecified atom stereocenters. The van der Waals surface area contributed by atoms with Gasteiger partial charge in [0.25, 0.3) is 0 Å². The molecule has 106 valence electrons. The fourth-order valence-electron chi connectivity index (χ4n) is 2.71. The predicted molar refractivity (Wildman–Crippen MR) is 71.0 cm³/mol. The lowest BCUT2D eigenvalue weighted by Gasteiger charge is -2.24. The Morgan fingerprint density at radius 1 is 1.33 bits per heavy atom. The SMILES string of the molecule is CCN(CC1CCCO1)S(=O)(=O)CC1CCCN1. The Hall–Kier alpha value is -0.170. The Balaban J connectivity index is 1.91. The van der Waals surface area contributed by atoms with Crippen LogP contribution in [0.3, 0.4) is 0 Å². The fraction of sp³-hybridized carbons (Fsp3) is 1.00. The van der Waals surface area contributed by atoms with Gasteiger partial charge in [-0.15, -0.1) is 0 Å². The van der Waals surface area contributed by atoms with Gasteiger partial charge >= 0.3 is 0 Å². The first kappa shape index (κ1) is 14.2. The van der Waals surface area contributed by atoms with Gasteiger partial charge in [0.2, 0.25) is 10.0 Å². The van der Waals surface area contributed by atoms with Gasteiger partial charge in [0.1, 0.15) is 0 Å². The minimum atomic E-state index is -3.15. The summed E-state index contributed by atoms with van der Waals surface area (Å²) in [5, 5.41) is 3.25. The monoisotopic (exact) mass is 276 g/mol. The van der Waals surface area contributed by atoms with Crippen molar-refractivity contribution in [3.8, 4) is 0 Å². The van der Waals surface area contributed by atoms with Crippen molar-refractivity contribution >= 4 is 10.0 Å². The third-order valence-electron chi connectivity index (χ3n) is 3.75. The topological polar surface area (TPSA) is 58.6 Å². The highest BCUT2D eigenvalue weighted by molar-refractivity contribution is 7.89. The summed E-state index contributed by atoms with van der Waals surface area (Å²) in [6, 6.07) is 0.133. The Kier molecular flexibility index (Phi) is 5.00. The molecule has 0 aliphatic carbocycles. The third kappa shape index (κ3) is 3.66. The van der Waals surface area contributed by atoms with Gasteiger partial charge in [-0.3, -0.25) is 0 Å². The molecule has 1 N–H and O–H groups in total. The van der Waals surface area contributed by atoms with E-state index < -0.39 is 10.0 Å². The second kappa shape index (κ2) is 6.32. The normalized spacial score (nSPS) is 29.2. The fourth-order valence-corrected chi connectivity index (χ4v) is 4.50. The molecule has 2 aliphatic rings. The molecule has 2 atom stereocenters. The Morgan fingerprint density at radius 3 is 2.72 bits per heavy atom. The molecule has 0 aromatic carbocycles. The molecule has 0 bridgehead atoms. The maximum absolute atomic E-state index is 12.3. The van der Waals surface area contributed by atoms with Gasteiger partial charge in [-0.2, -0.15) is 4.31 Å². The number of hydrogen-bond donors (Lipinski definition) is 1. The van der Waals surface area contributed by atoms with Crippen molar-refractivity contribution in [2.24, 2.45) is 0 Å². The predicted octanol–water partition coefficient (Wildman–Crippen LogP) is 0.569. The van der Waals surface area contributed by atoms with Crippen LogP contribution in [0.1, 0.15) is 32.6 Å². The molecule has 0 aromatic heterocycles. The van der Waals surface area contributed by atoms with Crippen LogP contribution in [0.2, 0.25) is 0 Å². The van der Waals surface area contributed by atoms with Crippen LogP contribution in [0.15, 0.2) is 0 Å². The van der Waals surface area contributed by atoms with E-state index in [0.29, 0.717) is 13.1 Å². The maximum Gasteiger partial charge on any atom is 0.215 e. The maximum atomic E-state index is 12.3. The van der Waals surface area contributed by atoms with Crippen LogP contribution < -0.4 is 5.32 Å². The quantitative estimate of drug-likeness (QED) is 0.770. The van der Waals surface area contributed by atoms with Crippen molar-refractivity contribution in [3.05, 3.63) is 0 Å². The molecular formula is C12H24N2O3S. The molecule has 0 saturated carbocycles. The summed E-state index contributed by atoms with van der Waals surface area (Å²) >= 11 is 0. The van der Waals surface area contributed by atoms with Gasteiger partial charge in [0.15, 0.2) is 0 Å². The number of ether oxygens (including phenoxy) is 1. The van der Waals surface area contributed by atoms with E-state index in [1.54, 1.807) is 4.31 Å². The Labute approximate surface area is 110 Å². The second-order valence-corrected chi connectivity index (χ2v) is 7.17. The second-order valence-electron chi connectivity index (χ2n) is 5.16. The molecule has 18 heavy (non-hydrogen) atoms. The first-order chi connectivity index (χ1) is 8.62. The minimum absolute atomic E-state index is 0.0938. The zero-order valence-corrected chi connectivity index (χ0v) is 11.9. The van der Waals surface area contributed by atoms with E-state index in [1.165, 1.54) is 0 Å². The van der Waals surface area contributed by atoms with Crippen LogP contribution in [-0.2, 0) is 14.8 Å². The standard InChI is InChI=1S/C12H24N2O3S/c1-2-14(9-12-6-4-8-17-12)18(15,16)10-11-5-3-7-13-11/h11-13H,2-10H2,1H3. The van der Waals surface area contributed by atoms with Gasteiger partial charge in [-0.1, -0.05) is 6.92 Å². The number of hydrogen-bond acceptors (Lipinski definition) is 4. The van der Waals surface area contributed by atoms with Crippen LogP contribution in [-0.4, -0.2) is 56.9 Å². The Bertz CT molecular complexity index is 346. The molecular weight excluding hydrogens is 252 g/mol. The van der Waals surface area contributed by atoms with E-state index >= 15 is 0 Å². The highest BCUT2D eigenvalue weighted by Crippen LogP contribution is 2.17. The average molecular weight is 276 g/mol. The van der Waals surface area contributed by atoms with Crippen molar-refractivity contribution in [2.75, 3.05) is 32.0 Å². The zero-order chi connectivity index (χ0) is 13.0. The van der Waals surface area contributed by atoms with Crippen LogP contribution >= 0.6 is 0 Å². The minimum Gasteiger partial charge on any atom is -0.377 e. The molecule has 0 radical (unpaired) electrons. The van der Waals surface area contributed by atoms with Crippen molar-refractivity contribution in [3.63, 3.8) is 0 Å². The smallest absolute Gasteiger partial charge is 0.215 e. The van der Waals surface area contributed by atoms with Crippen molar-refractivity contribution in [2.45, 2.75) is 44.8 Å². The molecule has 2 fully saturated rings. The average Bonchev–Trinajstić information content (AvgIpc) is 2.97. The van der Waals surface area contributed by atoms with E-state index in [0.717, 1.165) is 38.8 Å². The van der Waals surface area contributed by atoms with Crippen LogP contribution in [0.4, 0.5) is 0 Å². The molecule has 2 aliphatic heterocycles. The Morgan fingerprint density at radius 2 is 2.17 bits per heavy atom. The van der Waals surface area contributed by atoms with Crippen LogP contribution in [0.25, 0.3) is 0 Å². The molecule has 2 heterocycles. The zero-order valence-electron chi connectivity index (χ0n) is 11.1. The molecule has 0 aromatic rings. The van der Waals surface area contributed by atoms with E-state index in [2.05, 4.69) is 5.32 Å². The van der Waals surface area contributed by atoms with Gasteiger partial charge in [-0.25, -0.2) is 8.42 Å². The highest BCUT2D eigenvalue weighted by Gasteiger charge is 2.29. The summed E-state index contributed by atoms with van der Waals surface area (Å²) in [7, 11) is -3.15. The largest absolute Gasteiger partial charge is 0.377 e. The summed E-state index contributed by atoms with van der Waals surface area (Å²) in [6.07, 6.45) is 4.17. The number of rotatable bonds is 6. The molecule has 0 amide bonds. The van der Waals surface area contributed by atoms with Crippen molar-refractivity contribution < 1.29 is 13.2 Å². The van der Waals surface area contributed by atoms with E-state index in [4.69, 9.17) is 4.74 Å². The van der Waals surface area contributed by atoms with Crippen LogP contribution in [0.5, 0.6) is 0 Å². The van der Waals surface area contributed by atoms with E-state index in [1.807, 2.05) is 6.92 Å². The van der Waals surface area contributed by atoms with Gasteiger partial charge in [-0.05, 0) is 32.2 Å². The number of nitrogens with one attached hydrogen (secondary N) is 1. The summed E-state index contributed by atoms with van der Waals surface area (Å²) in [6.45, 7) is 4.67. The van der Waals surface area contributed by atoms with Gasteiger partial charge in [0, 0.05) is 25.7 Å². The number of likely N-dealkylation sites (N-methyl/N-ethyl adjacent to an activating group) is 1. The first-order valence-corrected chi connectivity index (χ1v) is 8.55. The molecule has 2 rings (SSSR count). The summed E-state index contributed by atoms with van der Waals surface area (Å²) < 4.78 is 31.8. The number of sulfonamides is 1. The highest BCUT2D eigenvalue weighted by atomic mass is 32.2. The lowest BCUT2D eigenvalue weighted by atomic mass is 10.2. The van der Waals surface area contributed by atoms with E-state index in [9.17, 15) is 8.42 Å². The molecule has 2 saturated heterocycles. The summed E-state index contributed by atoms with van der Waals surface area (Å²) in [5.74, 6) is 0.230. The van der Waals surface area contributed by atoms with Gasteiger partial charge in [0.05, 0.1) is 11.9 Å². The summed E-state index contributed by atoms with van der Waals surface area (Å²) in [4.78, 5) is 0. The van der Waals surface area contributed by atoms with Gasteiger partial charge < -0.3 is 10.1 Å². The lowest BCUT2D eigenvalue weighted by molar-refractivity contribution is 0.0946. The van der Waals surface area contributed by atoms with Crippen LogP contribution in [0, 0.1) is 0 Å². The summed E-state index contributed by atoms with van der Waals surface area (Å²) in [5.41, 5.74) is 0. The third-order valence-corrected chi connectivity index (χ3v) is 5.77. The molecule has 5 nitrogen and oxygen atoms in total. The van der Waals surface area contributed by atoms with E-state index in [-0.39, 0.29) is 17.9 Å². The lowest BCUT2D eigenvalue weighted by Crippen LogP contribution is -2.42. The first-order valence-electron chi connectivity index (χ1n) is 6.94. The number of nitrogens with zero attached hydrogens (tertiary/aromatic N) is 1. The van der Waals surface area contributed by atoms with Crippen molar-refractivity contribution in [1.29, 1.82) is 0 Å².